The van der Waals surface area contributed by atoms with Gasteiger partial charge in [0.25, 0.3) is 5.91 Å². The second-order valence-corrected chi connectivity index (χ2v) is 7.36. The van der Waals surface area contributed by atoms with Gasteiger partial charge in [-0.25, -0.2) is 4.98 Å². The number of pyridine rings is 1. The van der Waals surface area contributed by atoms with Gasteiger partial charge in [-0.05, 0) is 18.1 Å². The minimum absolute atomic E-state index is 0.0662. The molecule has 0 radical (unpaired) electrons. The Morgan fingerprint density at radius 3 is 2.24 bits per heavy atom. The van der Waals surface area contributed by atoms with Crippen LogP contribution in [0.2, 0.25) is 0 Å². The highest BCUT2D eigenvalue weighted by atomic mass is 32.1. The third-order valence-electron chi connectivity index (χ3n) is 5.06. The number of aromatic nitrogens is 1. The molecular weight excluding hydrogens is 376 g/mol. The Bertz CT molecular complexity index is 1140. The maximum Gasteiger partial charge on any atom is 0.253 e. The van der Waals surface area contributed by atoms with Gasteiger partial charge in [-0.2, -0.15) is 0 Å². The first-order valence-electron chi connectivity index (χ1n) is 9.72. The molecule has 4 rings (SSSR count). The average molecular weight is 399 g/mol. The van der Waals surface area contributed by atoms with Crippen molar-refractivity contribution in [3.8, 4) is 11.3 Å². The van der Waals surface area contributed by atoms with Crippen molar-refractivity contribution in [1.82, 2.24) is 10.3 Å². The standard InChI is InChI=1S/C25H22N2OS/c1-2-20(17-11-5-3-6-12-17)27-25(28)22-19-15-9-10-16-21(19)26-23(24(22)29)18-13-7-4-8-14-18/h3-16,20,29H,2H2,1H3,(H,27,28)/t20-/m0/s1. The van der Waals surface area contributed by atoms with Crippen LogP contribution >= 0.6 is 12.6 Å². The van der Waals surface area contributed by atoms with Crippen LogP contribution in [0, 0.1) is 0 Å². The molecule has 1 N–H and O–H groups in total. The van der Waals surface area contributed by atoms with Crippen molar-refractivity contribution >= 4 is 29.4 Å². The lowest BCUT2D eigenvalue weighted by molar-refractivity contribution is 0.0934. The predicted molar refractivity (Wildman–Crippen MR) is 121 cm³/mol. The zero-order valence-electron chi connectivity index (χ0n) is 16.2. The summed E-state index contributed by atoms with van der Waals surface area (Å²) in [6, 6.07) is 27.5. The zero-order chi connectivity index (χ0) is 20.2. The minimum atomic E-state index is -0.138. The Labute approximate surface area is 176 Å². The Kier molecular flexibility index (Phi) is 5.63. The number of fused-ring (bicyclic) bond motifs is 1. The molecule has 4 aromatic rings. The van der Waals surface area contributed by atoms with Crippen LogP contribution in [0.25, 0.3) is 22.2 Å². The lowest BCUT2D eigenvalue weighted by Gasteiger charge is -2.20. The number of carbonyl (C=O) groups is 1. The molecule has 1 aromatic heterocycles. The minimum Gasteiger partial charge on any atom is -0.345 e. The molecule has 0 aliphatic heterocycles. The highest BCUT2D eigenvalue weighted by molar-refractivity contribution is 7.80. The molecule has 0 saturated carbocycles. The van der Waals surface area contributed by atoms with Crippen LogP contribution in [0.4, 0.5) is 0 Å². The average Bonchev–Trinajstić information content (AvgIpc) is 2.78. The van der Waals surface area contributed by atoms with Gasteiger partial charge >= 0.3 is 0 Å². The molecule has 0 aliphatic carbocycles. The highest BCUT2D eigenvalue weighted by Gasteiger charge is 2.22. The van der Waals surface area contributed by atoms with E-state index in [1.807, 2.05) is 84.9 Å². The number of benzene rings is 3. The molecular formula is C25H22N2OS. The van der Waals surface area contributed by atoms with Gasteiger partial charge in [-0.3, -0.25) is 4.79 Å². The van der Waals surface area contributed by atoms with Crippen LogP contribution in [-0.4, -0.2) is 10.9 Å². The SMILES string of the molecule is CC[C@H](NC(=O)c1c(S)c(-c2ccccc2)nc2ccccc12)c1ccccc1. The van der Waals surface area contributed by atoms with Crippen molar-refractivity contribution in [2.75, 3.05) is 0 Å². The van der Waals surface area contributed by atoms with Crippen LogP contribution in [0.3, 0.4) is 0 Å². The lowest BCUT2D eigenvalue weighted by atomic mass is 10.0. The van der Waals surface area contributed by atoms with Crippen molar-refractivity contribution in [2.24, 2.45) is 0 Å². The van der Waals surface area contributed by atoms with Crippen LogP contribution in [0.5, 0.6) is 0 Å². The van der Waals surface area contributed by atoms with E-state index in [2.05, 4.69) is 12.2 Å². The Morgan fingerprint density at radius 2 is 1.55 bits per heavy atom. The molecule has 3 nitrogen and oxygen atoms in total. The van der Waals surface area contributed by atoms with Gasteiger partial charge < -0.3 is 5.32 Å². The third-order valence-corrected chi connectivity index (χ3v) is 5.49. The number of nitrogens with zero attached hydrogens (tertiary/aromatic N) is 1. The number of nitrogens with one attached hydrogen (secondary N) is 1. The largest absolute Gasteiger partial charge is 0.345 e. The molecule has 0 bridgehead atoms. The van der Waals surface area contributed by atoms with Gasteiger partial charge in [0.1, 0.15) is 0 Å². The van der Waals surface area contributed by atoms with Crippen LogP contribution < -0.4 is 5.32 Å². The number of hydrogen-bond acceptors (Lipinski definition) is 3. The molecule has 3 aromatic carbocycles. The Hall–Kier alpha value is -3.11. The van der Waals surface area contributed by atoms with Crippen molar-refractivity contribution in [2.45, 2.75) is 24.3 Å². The van der Waals surface area contributed by atoms with E-state index in [1.54, 1.807) is 0 Å². The maximum atomic E-state index is 13.4. The Morgan fingerprint density at radius 1 is 0.931 bits per heavy atom. The van der Waals surface area contributed by atoms with Crippen LogP contribution in [0.1, 0.15) is 35.3 Å². The topological polar surface area (TPSA) is 42.0 Å². The van der Waals surface area contributed by atoms with Gasteiger partial charge in [0, 0.05) is 15.8 Å². The third kappa shape index (κ3) is 3.89. The quantitative estimate of drug-likeness (QED) is 0.401. The van der Waals surface area contributed by atoms with Crippen molar-refractivity contribution < 1.29 is 4.79 Å². The van der Waals surface area contributed by atoms with E-state index < -0.39 is 0 Å². The second kappa shape index (κ2) is 8.50. The summed E-state index contributed by atoms with van der Waals surface area (Å²) in [5.74, 6) is -0.138. The van der Waals surface area contributed by atoms with E-state index in [-0.39, 0.29) is 11.9 Å². The maximum absolute atomic E-state index is 13.4. The summed E-state index contributed by atoms with van der Waals surface area (Å²) in [4.78, 5) is 18.8. The van der Waals surface area contributed by atoms with Crippen molar-refractivity contribution in [1.29, 1.82) is 0 Å². The molecule has 29 heavy (non-hydrogen) atoms. The molecule has 0 fully saturated rings. The van der Waals surface area contributed by atoms with E-state index in [0.717, 1.165) is 28.5 Å². The number of amides is 1. The van der Waals surface area contributed by atoms with Gasteiger partial charge in [-0.15, -0.1) is 12.6 Å². The molecule has 0 aliphatic rings. The fourth-order valence-electron chi connectivity index (χ4n) is 3.57. The monoisotopic (exact) mass is 398 g/mol. The number of hydrogen-bond donors (Lipinski definition) is 2. The molecule has 144 valence electrons. The van der Waals surface area contributed by atoms with Crippen molar-refractivity contribution in [3.63, 3.8) is 0 Å². The molecule has 0 unspecified atom stereocenters. The predicted octanol–water partition coefficient (Wildman–Crippen LogP) is 6.07. The summed E-state index contributed by atoms with van der Waals surface area (Å²) < 4.78 is 0. The number of para-hydroxylation sites is 1. The molecule has 1 amide bonds. The zero-order valence-corrected chi connectivity index (χ0v) is 17.1. The van der Waals surface area contributed by atoms with Crippen LogP contribution in [-0.2, 0) is 0 Å². The first kappa shape index (κ1) is 19.2. The summed E-state index contributed by atoms with van der Waals surface area (Å²) in [6.45, 7) is 2.07. The van der Waals surface area contributed by atoms with E-state index in [9.17, 15) is 4.79 Å². The number of carbonyl (C=O) groups excluding carboxylic acids is 1. The molecule has 4 heteroatoms. The Balaban J connectivity index is 1.82. The summed E-state index contributed by atoms with van der Waals surface area (Å²) >= 11 is 4.75. The summed E-state index contributed by atoms with van der Waals surface area (Å²) in [5.41, 5.74) is 4.08. The van der Waals surface area contributed by atoms with Gasteiger partial charge in [-0.1, -0.05) is 85.8 Å². The summed E-state index contributed by atoms with van der Waals surface area (Å²) in [6.07, 6.45) is 0.798. The molecule has 0 saturated heterocycles. The summed E-state index contributed by atoms with van der Waals surface area (Å²) in [7, 11) is 0. The van der Waals surface area contributed by atoms with Crippen LogP contribution in [0.15, 0.2) is 89.8 Å². The van der Waals surface area contributed by atoms with Gasteiger partial charge in [0.15, 0.2) is 0 Å². The smallest absolute Gasteiger partial charge is 0.253 e. The lowest BCUT2D eigenvalue weighted by Crippen LogP contribution is -2.29. The number of rotatable bonds is 5. The highest BCUT2D eigenvalue weighted by Crippen LogP contribution is 2.33. The first-order chi connectivity index (χ1) is 14.2. The fourth-order valence-corrected chi connectivity index (χ4v) is 3.97. The molecule has 0 spiro atoms. The fraction of sp³-hybridized carbons (Fsp3) is 0.120. The van der Waals surface area contributed by atoms with Gasteiger partial charge in [0.05, 0.1) is 22.8 Å². The molecule has 1 atom stereocenters. The van der Waals surface area contributed by atoms with Gasteiger partial charge in [0.2, 0.25) is 0 Å². The summed E-state index contributed by atoms with van der Waals surface area (Å²) in [5, 5.41) is 4.00. The van der Waals surface area contributed by atoms with Crippen molar-refractivity contribution in [3.05, 3.63) is 96.1 Å². The first-order valence-corrected chi connectivity index (χ1v) is 10.2. The van der Waals surface area contributed by atoms with E-state index >= 15 is 0 Å². The normalized spacial score (nSPS) is 11.9. The molecule has 1 heterocycles. The van der Waals surface area contributed by atoms with E-state index in [1.165, 1.54) is 0 Å². The number of thiol groups is 1. The van der Waals surface area contributed by atoms with E-state index in [4.69, 9.17) is 17.6 Å². The van der Waals surface area contributed by atoms with E-state index in [0.29, 0.717) is 16.2 Å². The second-order valence-electron chi connectivity index (χ2n) is 6.91.